The first-order chi connectivity index (χ1) is 7.21. The van der Waals surface area contributed by atoms with Crippen LogP contribution >= 0.6 is 0 Å². The molecule has 1 rings (SSSR count). The molecule has 15 heavy (non-hydrogen) atoms. The van der Waals surface area contributed by atoms with E-state index in [0.717, 1.165) is 12.1 Å². The summed E-state index contributed by atoms with van der Waals surface area (Å²) in [5.41, 5.74) is 1.02. The van der Waals surface area contributed by atoms with E-state index in [9.17, 15) is 0 Å². The smallest absolute Gasteiger partial charge is 0.172 e. The Labute approximate surface area is 90.4 Å². The summed E-state index contributed by atoms with van der Waals surface area (Å²) in [6.07, 6.45) is 2.46. The summed E-state index contributed by atoms with van der Waals surface area (Å²) in [5.74, 6) is 0. The number of nitrogens with zero attached hydrogens (tertiary/aromatic N) is 2. The third kappa shape index (κ3) is 3.30. The molecule has 1 unspecified atom stereocenters. The van der Waals surface area contributed by atoms with E-state index < -0.39 is 0 Å². The number of nitrogens with one attached hydrogen (secondary N) is 1. The number of aromatic nitrogens is 2. The van der Waals surface area contributed by atoms with Crippen LogP contribution in [-0.4, -0.2) is 43.4 Å². The minimum atomic E-state index is -0.253. The van der Waals surface area contributed by atoms with Crippen molar-refractivity contribution >= 4 is 0 Å². The lowest BCUT2D eigenvalue weighted by molar-refractivity contribution is -0.121. The van der Waals surface area contributed by atoms with Gasteiger partial charge in [-0.2, -0.15) is 5.10 Å². The minimum absolute atomic E-state index is 0.106. The third-order valence-electron chi connectivity index (χ3n) is 2.36. The predicted octanol–water partition coefficient (Wildman–Crippen LogP) is 0.169. The van der Waals surface area contributed by atoms with Gasteiger partial charge in [-0.15, -0.1) is 0 Å². The van der Waals surface area contributed by atoms with Crippen LogP contribution in [0, 0.1) is 0 Å². The van der Waals surface area contributed by atoms with Gasteiger partial charge >= 0.3 is 0 Å². The van der Waals surface area contributed by atoms with E-state index >= 15 is 0 Å². The van der Waals surface area contributed by atoms with Crippen molar-refractivity contribution < 1.29 is 9.47 Å². The van der Waals surface area contributed by atoms with E-state index in [-0.39, 0.29) is 12.3 Å². The molecule has 1 atom stereocenters. The number of rotatable bonds is 6. The second-order valence-electron chi connectivity index (χ2n) is 3.42. The summed E-state index contributed by atoms with van der Waals surface area (Å²) < 4.78 is 12.2. The lowest BCUT2D eigenvalue weighted by Crippen LogP contribution is -2.41. The molecular formula is C10H19N3O2. The van der Waals surface area contributed by atoms with E-state index in [4.69, 9.17) is 9.47 Å². The maximum Gasteiger partial charge on any atom is 0.172 e. The molecule has 0 spiro atoms. The largest absolute Gasteiger partial charge is 0.354 e. The van der Waals surface area contributed by atoms with Crippen molar-refractivity contribution in [3.8, 4) is 0 Å². The van der Waals surface area contributed by atoms with Crippen LogP contribution in [0.3, 0.4) is 0 Å². The normalized spacial score (nSPS) is 13.4. The molecule has 0 saturated carbocycles. The highest BCUT2D eigenvalue weighted by Crippen LogP contribution is 2.06. The molecule has 0 aromatic carbocycles. The Balaban J connectivity index is 2.60. The van der Waals surface area contributed by atoms with Crippen LogP contribution in [0.2, 0.25) is 0 Å². The fourth-order valence-electron chi connectivity index (χ4n) is 1.56. The lowest BCUT2D eigenvalue weighted by atomic mass is 10.1. The van der Waals surface area contributed by atoms with Crippen LogP contribution in [0.1, 0.15) is 5.69 Å². The van der Waals surface area contributed by atoms with Gasteiger partial charge in [0.15, 0.2) is 6.29 Å². The van der Waals surface area contributed by atoms with Gasteiger partial charge in [0.05, 0.1) is 11.7 Å². The maximum absolute atomic E-state index is 5.21. The van der Waals surface area contributed by atoms with Gasteiger partial charge in [-0.1, -0.05) is 0 Å². The molecule has 0 saturated heterocycles. The first kappa shape index (κ1) is 12.2. The summed E-state index contributed by atoms with van der Waals surface area (Å²) in [7, 11) is 7.06. The van der Waals surface area contributed by atoms with Crippen LogP contribution in [0.4, 0.5) is 0 Å². The minimum Gasteiger partial charge on any atom is -0.354 e. The molecule has 0 bridgehead atoms. The number of likely N-dealkylation sites (N-methyl/N-ethyl adjacent to an activating group) is 1. The Morgan fingerprint density at radius 1 is 1.47 bits per heavy atom. The molecule has 1 N–H and O–H groups in total. The van der Waals surface area contributed by atoms with E-state index in [1.807, 2.05) is 26.4 Å². The van der Waals surface area contributed by atoms with Gasteiger partial charge in [-0.05, 0) is 13.1 Å². The van der Waals surface area contributed by atoms with Crippen molar-refractivity contribution in [2.24, 2.45) is 7.05 Å². The zero-order valence-electron chi connectivity index (χ0n) is 9.73. The summed E-state index contributed by atoms with van der Waals surface area (Å²) in [5, 5.41) is 7.48. The molecule has 0 aliphatic rings. The Morgan fingerprint density at radius 3 is 2.53 bits per heavy atom. The lowest BCUT2D eigenvalue weighted by Gasteiger charge is -2.23. The fraction of sp³-hybridized carbons (Fsp3) is 0.700. The monoisotopic (exact) mass is 213 g/mol. The maximum atomic E-state index is 5.21. The second kappa shape index (κ2) is 5.85. The molecule has 1 aromatic heterocycles. The van der Waals surface area contributed by atoms with Crippen molar-refractivity contribution in [1.29, 1.82) is 0 Å². The average Bonchev–Trinajstić information content (AvgIpc) is 2.64. The number of methoxy groups -OCH3 is 2. The van der Waals surface area contributed by atoms with E-state index in [0.29, 0.717) is 0 Å². The molecule has 0 aliphatic carbocycles. The number of hydrogen-bond donors (Lipinski definition) is 1. The average molecular weight is 213 g/mol. The molecule has 0 fully saturated rings. The molecule has 86 valence electrons. The van der Waals surface area contributed by atoms with Crippen LogP contribution in [-0.2, 0) is 22.9 Å². The highest BCUT2D eigenvalue weighted by atomic mass is 16.7. The van der Waals surface area contributed by atoms with E-state index in [1.165, 1.54) is 0 Å². The van der Waals surface area contributed by atoms with Gasteiger partial charge in [-0.25, -0.2) is 0 Å². The van der Waals surface area contributed by atoms with Gasteiger partial charge < -0.3 is 14.8 Å². The highest BCUT2D eigenvalue weighted by molar-refractivity contribution is 5.01. The van der Waals surface area contributed by atoms with Crippen LogP contribution in [0.25, 0.3) is 0 Å². The van der Waals surface area contributed by atoms with Crippen molar-refractivity contribution in [2.75, 3.05) is 21.3 Å². The first-order valence-electron chi connectivity index (χ1n) is 4.92. The van der Waals surface area contributed by atoms with Crippen LogP contribution in [0.15, 0.2) is 12.3 Å². The SMILES string of the molecule is CNC(Cc1ccn(C)n1)C(OC)OC. The Bertz CT molecular complexity index is 284. The number of ether oxygens (including phenoxy) is 2. The summed E-state index contributed by atoms with van der Waals surface area (Å²) >= 11 is 0. The topological polar surface area (TPSA) is 48.3 Å². The van der Waals surface area contributed by atoms with Gasteiger partial charge in [0.25, 0.3) is 0 Å². The number of hydrogen-bond acceptors (Lipinski definition) is 4. The quantitative estimate of drug-likeness (QED) is 0.684. The summed E-state index contributed by atoms with van der Waals surface area (Å²) in [4.78, 5) is 0. The van der Waals surface area contributed by atoms with Gasteiger partial charge in [0, 0.05) is 33.9 Å². The van der Waals surface area contributed by atoms with Gasteiger partial charge in [-0.3, -0.25) is 4.68 Å². The molecule has 1 aromatic rings. The first-order valence-corrected chi connectivity index (χ1v) is 4.92. The molecule has 5 heteroatoms. The summed E-state index contributed by atoms with van der Waals surface area (Å²) in [6.45, 7) is 0. The molecular weight excluding hydrogens is 194 g/mol. The van der Waals surface area contributed by atoms with Gasteiger partial charge in [0.1, 0.15) is 0 Å². The van der Waals surface area contributed by atoms with E-state index in [2.05, 4.69) is 10.4 Å². The van der Waals surface area contributed by atoms with Crippen molar-refractivity contribution in [2.45, 2.75) is 18.8 Å². The van der Waals surface area contributed by atoms with E-state index in [1.54, 1.807) is 18.9 Å². The Morgan fingerprint density at radius 2 is 2.13 bits per heavy atom. The molecule has 5 nitrogen and oxygen atoms in total. The van der Waals surface area contributed by atoms with Crippen LogP contribution < -0.4 is 5.32 Å². The molecule has 0 radical (unpaired) electrons. The van der Waals surface area contributed by atoms with Gasteiger partial charge in [0.2, 0.25) is 0 Å². The summed E-state index contributed by atoms with van der Waals surface area (Å²) in [6, 6.07) is 2.10. The third-order valence-corrected chi connectivity index (χ3v) is 2.36. The standard InChI is InChI=1S/C10H19N3O2/c1-11-9(10(14-3)15-4)7-8-5-6-13(2)12-8/h5-6,9-11H,7H2,1-4H3. The van der Waals surface area contributed by atoms with Crippen molar-refractivity contribution in [3.05, 3.63) is 18.0 Å². The van der Waals surface area contributed by atoms with Crippen LogP contribution in [0.5, 0.6) is 0 Å². The molecule has 0 aliphatic heterocycles. The highest BCUT2D eigenvalue weighted by Gasteiger charge is 2.20. The zero-order chi connectivity index (χ0) is 11.3. The predicted molar refractivity (Wildman–Crippen MR) is 57.6 cm³/mol. The number of aryl methyl sites for hydroxylation is 1. The Hall–Kier alpha value is -0.910. The Kier molecular flexibility index (Phi) is 4.74. The molecule has 0 amide bonds. The molecule has 1 heterocycles. The fourth-order valence-corrected chi connectivity index (χ4v) is 1.56. The van der Waals surface area contributed by atoms with Crippen molar-refractivity contribution in [3.63, 3.8) is 0 Å². The second-order valence-corrected chi connectivity index (χ2v) is 3.42. The zero-order valence-corrected chi connectivity index (χ0v) is 9.73. The van der Waals surface area contributed by atoms with Crippen molar-refractivity contribution in [1.82, 2.24) is 15.1 Å².